The van der Waals surface area contributed by atoms with Gasteiger partial charge >= 0.3 is 0 Å². The fraction of sp³-hybridized carbons (Fsp3) is 0.882. The number of ether oxygens (including phenoxy) is 1. The van der Waals surface area contributed by atoms with Gasteiger partial charge in [0.15, 0.2) is 0 Å². The first-order chi connectivity index (χ1) is 9.11. The smallest absolute Gasteiger partial charge is 0.0694 e. The van der Waals surface area contributed by atoms with Crippen LogP contribution in [0.2, 0.25) is 0 Å². The van der Waals surface area contributed by atoms with Gasteiger partial charge in [-0.2, -0.15) is 0 Å². The SMILES string of the molecule is CC(C)NCCC1(OCC2CC=CCC2C)CCC1. The molecule has 19 heavy (non-hydrogen) atoms. The first kappa shape index (κ1) is 15.1. The molecule has 2 aliphatic carbocycles. The van der Waals surface area contributed by atoms with E-state index in [1.807, 2.05) is 0 Å². The molecule has 1 saturated carbocycles. The minimum absolute atomic E-state index is 0.211. The molecule has 1 fully saturated rings. The molecular formula is C17H31NO. The van der Waals surface area contributed by atoms with Gasteiger partial charge in [-0.25, -0.2) is 0 Å². The van der Waals surface area contributed by atoms with Crippen LogP contribution in [0.25, 0.3) is 0 Å². The molecule has 0 bridgehead atoms. The van der Waals surface area contributed by atoms with Gasteiger partial charge in [0.1, 0.15) is 0 Å². The van der Waals surface area contributed by atoms with Crippen LogP contribution in [-0.2, 0) is 4.74 Å². The van der Waals surface area contributed by atoms with Gasteiger partial charge in [0.05, 0.1) is 12.2 Å². The van der Waals surface area contributed by atoms with Gasteiger partial charge < -0.3 is 10.1 Å². The number of rotatable bonds is 7. The molecule has 0 spiro atoms. The Balaban J connectivity index is 1.73. The van der Waals surface area contributed by atoms with E-state index in [2.05, 4.69) is 38.2 Å². The van der Waals surface area contributed by atoms with Crippen molar-refractivity contribution in [1.29, 1.82) is 0 Å². The molecule has 0 amide bonds. The molecule has 1 N–H and O–H groups in total. The zero-order chi connectivity index (χ0) is 13.7. The van der Waals surface area contributed by atoms with Crippen molar-refractivity contribution in [2.45, 2.75) is 70.9 Å². The molecular weight excluding hydrogens is 234 g/mol. The van der Waals surface area contributed by atoms with Crippen LogP contribution in [0.3, 0.4) is 0 Å². The second-order valence-corrected chi connectivity index (χ2v) is 6.89. The van der Waals surface area contributed by atoms with Crippen molar-refractivity contribution in [2.24, 2.45) is 11.8 Å². The van der Waals surface area contributed by atoms with E-state index in [0.29, 0.717) is 6.04 Å². The van der Waals surface area contributed by atoms with Crippen LogP contribution >= 0.6 is 0 Å². The van der Waals surface area contributed by atoms with Crippen molar-refractivity contribution in [2.75, 3.05) is 13.2 Å². The molecule has 2 unspecified atom stereocenters. The highest BCUT2D eigenvalue weighted by molar-refractivity contribution is 4.95. The lowest BCUT2D eigenvalue weighted by Gasteiger charge is -2.43. The van der Waals surface area contributed by atoms with Crippen molar-refractivity contribution in [3.8, 4) is 0 Å². The third-order valence-corrected chi connectivity index (χ3v) is 4.92. The molecule has 2 atom stereocenters. The monoisotopic (exact) mass is 265 g/mol. The summed E-state index contributed by atoms with van der Waals surface area (Å²) in [4.78, 5) is 0. The van der Waals surface area contributed by atoms with E-state index in [1.54, 1.807) is 0 Å². The summed E-state index contributed by atoms with van der Waals surface area (Å²) < 4.78 is 6.38. The lowest BCUT2D eigenvalue weighted by atomic mass is 9.77. The summed E-state index contributed by atoms with van der Waals surface area (Å²) in [5.41, 5.74) is 0.211. The van der Waals surface area contributed by atoms with Gasteiger partial charge in [-0.05, 0) is 56.9 Å². The minimum atomic E-state index is 0.211. The Bertz CT molecular complexity index is 294. The molecule has 2 aliphatic rings. The zero-order valence-electron chi connectivity index (χ0n) is 13.0. The number of hydrogen-bond acceptors (Lipinski definition) is 2. The third kappa shape index (κ3) is 4.32. The van der Waals surface area contributed by atoms with E-state index in [-0.39, 0.29) is 5.60 Å². The molecule has 0 aromatic rings. The second kappa shape index (κ2) is 6.90. The summed E-state index contributed by atoms with van der Waals surface area (Å²) in [6.45, 7) is 8.85. The fourth-order valence-corrected chi connectivity index (χ4v) is 3.15. The second-order valence-electron chi connectivity index (χ2n) is 6.89. The number of nitrogens with one attached hydrogen (secondary N) is 1. The predicted molar refractivity (Wildman–Crippen MR) is 81.3 cm³/mol. The molecule has 0 aromatic heterocycles. The Morgan fingerprint density at radius 1 is 1.26 bits per heavy atom. The first-order valence-corrected chi connectivity index (χ1v) is 8.14. The van der Waals surface area contributed by atoms with Crippen LogP contribution in [0.15, 0.2) is 12.2 Å². The van der Waals surface area contributed by atoms with Crippen LogP contribution in [0.5, 0.6) is 0 Å². The van der Waals surface area contributed by atoms with Crippen LogP contribution in [0.1, 0.15) is 59.3 Å². The van der Waals surface area contributed by atoms with E-state index < -0.39 is 0 Å². The fourth-order valence-electron chi connectivity index (χ4n) is 3.15. The lowest BCUT2D eigenvalue weighted by Crippen LogP contribution is -2.44. The normalized spacial score (nSPS) is 29.5. The van der Waals surface area contributed by atoms with Gasteiger partial charge in [0.25, 0.3) is 0 Å². The van der Waals surface area contributed by atoms with Crippen LogP contribution in [0, 0.1) is 11.8 Å². The summed E-state index contributed by atoms with van der Waals surface area (Å²) in [5, 5.41) is 3.52. The average Bonchev–Trinajstić information content (AvgIpc) is 2.33. The number of allylic oxidation sites excluding steroid dienone is 2. The van der Waals surface area contributed by atoms with Crippen molar-refractivity contribution in [3.05, 3.63) is 12.2 Å². The highest BCUT2D eigenvalue weighted by Crippen LogP contribution is 2.39. The first-order valence-electron chi connectivity index (χ1n) is 8.14. The molecule has 0 aromatic carbocycles. The minimum Gasteiger partial charge on any atom is -0.375 e. The predicted octanol–water partition coefficient (Wildman–Crippen LogP) is 3.92. The maximum Gasteiger partial charge on any atom is 0.0694 e. The third-order valence-electron chi connectivity index (χ3n) is 4.92. The maximum atomic E-state index is 6.38. The van der Waals surface area contributed by atoms with E-state index in [0.717, 1.165) is 25.0 Å². The van der Waals surface area contributed by atoms with Crippen molar-refractivity contribution >= 4 is 0 Å². The zero-order valence-corrected chi connectivity index (χ0v) is 13.0. The van der Waals surface area contributed by atoms with Crippen molar-refractivity contribution in [3.63, 3.8) is 0 Å². The molecule has 110 valence electrons. The summed E-state index contributed by atoms with van der Waals surface area (Å²) in [7, 11) is 0. The highest BCUT2D eigenvalue weighted by atomic mass is 16.5. The van der Waals surface area contributed by atoms with Crippen molar-refractivity contribution in [1.82, 2.24) is 5.32 Å². The molecule has 0 aliphatic heterocycles. The lowest BCUT2D eigenvalue weighted by molar-refractivity contribution is -0.120. The van der Waals surface area contributed by atoms with Crippen molar-refractivity contribution < 1.29 is 4.74 Å². The molecule has 2 heteroatoms. The van der Waals surface area contributed by atoms with E-state index >= 15 is 0 Å². The Morgan fingerprint density at radius 2 is 2.00 bits per heavy atom. The topological polar surface area (TPSA) is 21.3 Å². The Labute approximate surface area is 119 Å². The summed E-state index contributed by atoms with van der Waals surface area (Å²) in [6.07, 6.45) is 12.2. The Morgan fingerprint density at radius 3 is 2.58 bits per heavy atom. The van der Waals surface area contributed by atoms with E-state index in [9.17, 15) is 0 Å². The summed E-state index contributed by atoms with van der Waals surface area (Å²) in [6, 6.07) is 0.584. The quantitative estimate of drug-likeness (QED) is 0.705. The van der Waals surface area contributed by atoms with Gasteiger partial charge in [0, 0.05) is 6.04 Å². The number of hydrogen-bond donors (Lipinski definition) is 1. The molecule has 0 saturated heterocycles. The summed E-state index contributed by atoms with van der Waals surface area (Å²) in [5.74, 6) is 1.52. The molecule has 0 radical (unpaired) electrons. The molecule has 2 nitrogen and oxygen atoms in total. The van der Waals surface area contributed by atoms with Crippen LogP contribution in [0.4, 0.5) is 0 Å². The molecule has 0 heterocycles. The Kier molecular flexibility index (Phi) is 5.47. The van der Waals surface area contributed by atoms with Crippen LogP contribution in [-0.4, -0.2) is 24.8 Å². The van der Waals surface area contributed by atoms with Crippen LogP contribution < -0.4 is 5.32 Å². The highest BCUT2D eigenvalue weighted by Gasteiger charge is 2.38. The standard InChI is InChI=1S/C17H31NO/c1-14(2)18-12-11-17(9-6-10-17)19-13-16-8-5-4-7-15(16)3/h4-5,14-16,18H,6-13H2,1-3H3. The van der Waals surface area contributed by atoms with E-state index in [4.69, 9.17) is 4.74 Å². The Hall–Kier alpha value is -0.340. The van der Waals surface area contributed by atoms with Gasteiger partial charge in [-0.15, -0.1) is 0 Å². The van der Waals surface area contributed by atoms with Gasteiger partial charge in [-0.3, -0.25) is 0 Å². The van der Waals surface area contributed by atoms with Gasteiger partial charge in [0.2, 0.25) is 0 Å². The molecule has 2 rings (SSSR count). The average molecular weight is 265 g/mol. The maximum absolute atomic E-state index is 6.38. The summed E-state index contributed by atoms with van der Waals surface area (Å²) >= 11 is 0. The largest absolute Gasteiger partial charge is 0.375 e. The van der Waals surface area contributed by atoms with E-state index in [1.165, 1.54) is 38.5 Å². The van der Waals surface area contributed by atoms with Gasteiger partial charge in [-0.1, -0.05) is 32.9 Å².